The molecule has 1 aromatic rings. The standard InChI is InChI=1S/C21H28F2N4O2/c22-12-1-4-16(23)15(9-12)20-17(24)10-14(11-29-20)26-7-5-19-18(26)6-8-27(19)21(28)25-13-2-3-13/h1,4,9,13-14,17-20H,2-3,5-8,10-11,24H2,(H,25,28)/t14-,17+,18?,19?,20-/m1/s1. The minimum absolute atomic E-state index is 0.0695. The van der Waals surface area contributed by atoms with Crippen LogP contribution in [0.1, 0.15) is 43.8 Å². The first-order chi connectivity index (χ1) is 14.0. The van der Waals surface area contributed by atoms with E-state index in [0.29, 0.717) is 25.1 Å². The number of likely N-dealkylation sites (tertiary alicyclic amines) is 2. The molecular weight excluding hydrogens is 378 g/mol. The van der Waals surface area contributed by atoms with Gasteiger partial charge in [-0.25, -0.2) is 13.6 Å². The van der Waals surface area contributed by atoms with Crippen LogP contribution in [0, 0.1) is 11.6 Å². The number of urea groups is 1. The van der Waals surface area contributed by atoms with Crippen LogP contribution in [-0.2, 0) is 4.74 Å². The van der Waals surface area contributed by atoms with Crippen LogP contribution < -0.4 is 11.1 Å². The Balaban J connectivity index is 1.23. The number of nitrogens with two attached hydrogens (primary N) is 1. The second-order valence-corrected chi connectivity index (χ2v) is 8.84. The molecule has 29 heavy (non-hydrogen) atoms. The minimum atomic E-state index is -0.634. The normalized spacial score (nSPS) is 35.0. The molecule has 2 amide bonds. The maximum absolute atomic E-state index is 14.2. The van der Waals surface area contributed by atoms with Gasteiger partial charge in [0.2, 0.25) is 0 Å². The number of nitrogens with one attached hydrogen (secondary N) is 1. The summed E-state index contributed by atoms with van der Waals surface area (Å²) in [6.45, 7) is 2.12. The van der Waals surface area contributed by atoms with Crippen molar-refractivity contribution in [2.75, 3.05) is 19.7 Å². The zero-order valence-electron chi connectivity index (χ0n) is 16.4. The zero-order chi connectivity index (χ0) is 20.1. The van der Waals surface area contributed by atoms with Crippen LogP contribution >= 0.6 is 0 Å². The average Bonchev–Trinajstić information content (AvgIpc) is 3.25. The van der Waals surface area contributed by atoms with Crippen molar-refractivity contribution in [1.82, 2.24) is 15.1 Å². The van der Waals surface area contributed by atoms with Gasteiger partial charge >= 0.3 is 6.03 Å². The summed E-state index contributed by atoms with van der Waals surface area (Å²) in [4.78, 5) is 16.9. The van der Waals surface area contributed by atoms with Crippen molar-refractivity contribution < 1.29 is 18.3 Å². The lowest BCUT2D eigenvalue weighted by molar-refractivity contribution is -0.0546. The third-order valence-corrected chi connectivity index (χ3v) is 6.92. The summed E-state index contributed by atoms with van der Waals surface area (Å²) in [6.07, 6.45) is 4.11. The molecule has 5 atom stereocenters. The van der Waals surface area contributed by atoms with Gasteiger partial charge in [-0.05, 0) is 50.3 Å². The van der Waals surface area contributed by atoms with Crippen LogP contribution in [0.5, 0.6) is 0 Å². The van der Waals surface area contributed by atoms with E-state index in [-0.39, 0.29) is 23.7 Å². The molecule has 0 spiro atoms. The van der Waals surface area contributed by atoms with E-state index >= 15 is 0 Å². The first kappa shape index (κ1) is 19.2. The second-order valence-electron chi connectivity index (χ2n) is 8.84. The Labute approximate surface area is 169 Å². The van der Waals surface area contributed by atoms with Crippen molar-refractivity contribution in [2.45, 2.75) is 68.4 Å². The Bertz CT molecular complexity index is 790. The van der Waals surface area contributed by atoms with Crippen molar-refractivity contribution in [3.63, 3.8) is 0 Å². The van der Waals surface area contributed by atoms with Gasteiger partial charge in [-0.1, -0.05) is 0 Å². The maximum Gasteiger partial charge on any atom is 0.317 e. The highest BCUT2D eigenvalue weighted by Crippen LogP contribution is 2.38. The van der Waals surface area contributed by atoms with Crippen LogP contribution in [0.15, 0.2) is 18.2 Å². The Morgan fingerprint density at radius 3 is 2.69 bits per heavy atom. The van der Waals surface area contributed by atoms with E-state index in [2.05, 4.69) is 10.2 Å². The molecule has 1 saturated carbocycles. The minimum Gasteiger partial charge on any atom is -0.370 e. The molecule has 0 aromatic heterocycles. The summed E-state index contributed by atoms with van der Waals surface area (Å²) in [5.74, 6) is -0.975. The van der Waals surface area contributed by atoms with Crippen LogP contribution in [0.25, 0.3) is 0 Å². The monoisotopic (exact) mass is 406 g/mol. The van der Waals surface area contributed by atoms with Crippen molar-refractivity contribution in [3.05, 3.63) is 35.4 Å². The molecule has 3 saturated heterocycles. The number of carbonyl (C=O) groups is 1. The SMILES string of the molecule is N[C@H]1C[C@@H](N2CCC3C2CCN3C(=O)NC2CC2)CO[C@@H]1c1cc(F)ccc1F. The summed E-state index contributed by atoms with van der Waals surface area (Å²) in [5.41, 5.74) is 6.54. The summed E-state index contributed by atoms with van der Waals surface area (Å²) in [7, 11) is 0. The number of rotatable bonds is 3. The van der Waals surface area contributed by atoms with Crippen LogP contribution in [0.4, 0.5) is 13.6 Å². The Morgan fingerprint density at radius 1 is 1.14 bits per heavy atom. The Hall–Kier alpha value is -1.77. The number of hydrogen-bond acceptors (Lipinski definition) is 4. The highest BCUT2D eigenvalue weighted by Gasteiger charge is 2.48. The molecule has 6 nitrogen and oxygen atoms in total. The quantitative estimate of drug-likeness (QED) is 0.807. The Morgan fingerprint density at radius 2 is 1.93 bits per heavy atom. The number of carbonyl (C=O) groups excluding carboxylic acids is 1. The highest BCUT2D eigenvalue weighted by atomic mass is 19.1. The van der Waals surface area contributed by atoms with E-state index < -0.39 is 23.8 Å². The molecule has 0 bridgehead atoms. The number of benzene rings is 1. The van der Waals surface area contributed by atoms with Gasteiger partial charge in [-0.15, -0.1) is 0 Å². The van der Waals surface area contributed by atoms with E-state index in [0.717, 1.165) is 50.9 Å². The first-order valence-electron chi connectivity index (χ1n) is 10.7. The summed E-state index contributed by atoms with van der Waals surface area (Å²) in [6, 6.07) is 4.14. The molecule has 8 heteroatoms. The first-order valence-corrected chi connectivity index (χ1v) is 10.7. The molecule has 5 rings (SSSR count). The van der Waals surface area contributed by atoms with E-state index in [1.807, 2.05) is 4.90 Å². The Kier molecular flexibility index (Phi) is 4.96. The smallest absolute Gasteiger partial charge is 0.317 e. The van der Waals surface area contributed by atoms with E-state index in [9.17, 15) is 13.6 Å². The van der Waals surface area contributed by atoms with Crippen molar-refractivity contribution in [2.24, 2.45) is 5.73 Å². The number of ether oxygens (including phenoxy) is 1. The van der Waals surface area contributed by atoms with Crippen molar-refractivity contribution >= 4 is 6.03 Å². The lowest BCUT2D eigenvalue weighted by Crippen LogP contribution is -2.52. The van der Waals surface area contributed by atoms with Gasteiger partial charge in [0.05, 0.1) is 12.6 Å². The van der Waals surface area contributed by atoms with E-state index in [1.165, 1.54) is 6.07 Å². The van der Waals surface area contributed by atoms with E-state index in [4.69, 9.17) is 10.5 Å². The molecule has 1 aliphatic carbocycles. The lowest BCUT2D eigenvalue weighted by Gasteiger charge is -2.40. The van der Waals surface area contributed by atoms with Gasteiger partial charge in [0.25, 0.3) is 0 Å². The summed E-state index contributed by atoms with van der Waals surface area (Å²) < 4.78 is 33.7. The maximum atomic E-state index is 14.2. The molecule has 4 fully saturated rings. The predicted octanol–water partition coefficient (Wildman–Crippen LogP) is 2.14. The van der Waals surface area contributed by atoms with Crippen LogP contribution in [-0.4, -0.2) is 65.7 Å². The molecule has 0 radical (unpaired) electrons. The van der Waals surface area contributed by atoms with Gasteiger partial charge in [0, 0.05) is 42.8 Å². The molecule has 3 N–H and O–H groups in total. The number of amides is 2. The number of fused-ring (bicyclic) bond motifs is 1. The number of hydrogen-bond donors (Lipinski definition) is 2. The second kappa shape index (κ2) is 7.49. The predicted molar refractivity (Wildman–Crippen MR) is 103 cm³/mol. The van der Waals surface area contributed by atoms with Crippen molar-refractivity contribution in [1.29, 1.82) is 0 Å². The van der Waals surface area contributed by atoms with Gasteiger partial charge in [-0.2, -0.15) is 0 Å². The van der Waals surface area contributed by atoms with Gasteiger partial charge in [0.1, 0.15) is 17.7 Å². The molecule has 1 aromatic carbocycles. The summed E-state index contributed by atoms with van der Waals surface area (Å²) >= 11 is 0. The third-order valence-electron chi connectivity index (χ3n) is 6.92. The number of nitrogens with zero attached hydrogens (tertiary/aromatic N) is 2. The molecular formula is C21H28F2N4O2. The highest BCUT2D eigenvalue weighted by molar-refractivity contribution is 5.75. The molecule has 158 valence electrons. The third kappa shape index (κ3) is 3.62. The number of halogens is 2. The molecule has 3 aliphatic heterocycles. The summed E-state index contributed by atoms with van der Waals surface area (Å²) in [5, 5.41) is 3.10. The van der Waals surface area contributed by atoms with Gasteiger partial charge in [0.15, 0.2) is 0 Å². The fourth-order valence-corrected chi connectivity index (χ4v) is 5.34. The largest absolute Gasteiger partial charge is 0.370 e. The fourth-order valence-electron chi connectivity index (χ4n) is 5.34. The zero-order valence-corrected chi connectivity index (χ0v) is 16.4. The molecule has 4 aliphatic rings. The van der Waals surface area contributed by atoms with Crippen LogP contribution in [0.3, 0.4) is 0 Å². The van der Waals surface area contributed by atoms with Gasteiger partial charge < -0.3 is 20.7 Å². The lowest BCUT2D eigenvalue weighted by atomic mass is 9.93. The van der Waals surface area contributed by atoms with Crippen LogP contribution in [0.2, 0.25) is 0 Å². The topological polar surface area (TPSA) is 70.8 Å². The average molecular weight is 406 g/mol. The van der Waals surface area contributed by atoms with Gasteiger partial charge in [-0.3, -0.25) is 4.90 Å². The van der Waals surface area contributed by atoms with Crippen molar-refractivity contribution in [3.8, 4) is 0 Å². The van der Waals surface area contributed by atoms with E-state index in [1.54, 1.807) is 0 Å². The fraction of sp³-hybridized carbons (Fsp3) is 0.667. The molecule has 3 heterocycles. The molecule has 2 unspecified atom stereocenters.